The number of benzene rings is 1. The molecule has 2 unspecified atom stereocenters. The van der Waals surface area contributed by atoms with Crippen LogP contribution < -0.4 is 11.1 Å². The third-order valence-corrected chi connectivity index (χ3v) is 4.06. The summed E-state index contributed by atoms with van der Waals surface area (Å²) in [6.45, 7) is 6.35. The SMILES string of the molecule is CCC(CC)C(NC(=O)CCCC(C)N)c1ccccc1. The molecule has 1 aromatic rings. The van der Waals surface area contributed by atoms with Gasteiger partial charge in [-0.2, -0.15) is 0 Å². The minimum absolute atomic E-state index is 0.115. The predicted molar refractivity (Wildman–Crippen MR) is 88.9 cm³/mol. The van der Waals surface area contributed by atoms with Crippen LogP contribution in [0.5, 0.6) is 0 Å². The second-order valence-corrected chi connectivity index (χ2v) is 5.90. The van der Waals surface area contributed by atoms with E-state index >= 15 is 0 Å². The Morgan fingerprint density at radius 2 is 1.81 bits per heavy atom. The Labute approximate surface area is 129 Å². The van der Waals surface area contributed by atoms with Crippen molar-refractivity contribution in [2.75, 3.05) is 0 Å². The molecular formula is C18H30N2O. The number of hydrogen-bond acceptors (Lipinski definition) is 2. The largest absolute Gasteiger partial charge is 0.349 e. The lowest BCUT2D eigenvalue weighted by Gasteiger charge is -2.27. The normalized spacial score (nSPS) is 14.0. The summed E-state index contributed by atoms with van der Waals surface area (Å²) in [6, 6.07) is 10.6. The standard InChI is InChI=1S/C18H30N2O/c1-4-15(5-2)18(16-11-7-6-8-12-16)20-17(21)13-9-10-14(3)19/h6-8,11-12,14-15,18H,4-5,9-10,13,19H2,1-3H3,(H,20,21). The Balaban J connectivity index is 2.67. The highest BCUT2D eigenvalue weighted by Gasteiger charge is 2.22. The van der Waals surface area contributed by atoms with E-state index in [1.165, 1.54) is 5.56 Å². The van der Waals surface area contributed by atoms with Crippen LogP contribution in [0.25, 0.3) is 0 Å². The molecule has 3 heteroatoms. The van der Waals surface area contributed by atoms with Gasteiger partial charge in [0.25, 0.3) is 0 Å². The van der Waals surface area contributed by atoms with Gasteiger partial charge in [-0.15, -0.1) is 0 Å². The average Bonchev–Trinajstić information content (AvgIpc) is 2.48. The summed E-state index contributed by atoms with van der Waals surface area (Å²) in [5.74, 6) is 0.612. The number of amides is 1. The Kier molecular flexibility index (Phi) is 8.06. The molecule has 0 saturated heterocycles. The number of rotatable bonds is 9. The van der Waals surface area contributed by atoms with Crippen LogP contribution in [-0.2, 0) is 4.79 Å². The van der Waals surface area contributed by atoms with Crippen molar-refractivity contribution < 1.29 is 4.79 Å². The van der Waals surface area contributed by atoms with Gasteiger partial charge in [-0.05, 0) is 31.2 Å². The van der Waals surface area contributed by atoms with Crippen molar-refractivity contribution in [3.05, 3.63) is 35.9 Å². The number of carbonyl (C=O) groups excluding carboxylic acids is 1. The summed E-state index contributed by atoms with van der Waals surface area (Å²) in [7, 11) is 0. The van der Waals surface area contributed by atoms with Crippen LogP contribution in [0.4, 0.5) is 0 Å². The fourth-order valence-corrected chi connectivity index (χ4v) is 2.72. The van der Waals surface area contributed by atoms with Crippen molar-refractivity contribution in [3.63, 3.8) is 0 Å². The van der Waals surface area contributed by atoms with E-state index in [9.17, 15) is 4.79 Å². The van der Waals surface area contributed by atoms with E-state index < -0.39 is 0 Å². The molecule has 0 saturated carbocycles. The van der Waals surface area contributed by atoms with Crippen molar-refractivity contribution in [3.8, 4) is 0 Å². The maximum Gasteiger partial charge on any atom is 0.220 e. The fourth-order valence-electron chi connectivity index (χ4n) is 2.72. The summed E-state index contributed by atoms with van der Waals surface area (Å²) >= 11 is 0. The lowest BCUT2D eigenvalue weighted by atomic mass is 9.88. The minimum Gasteiger partial charge on any atom is -0.349 e. The van der Waals surface area contributed by atoms with Crippen molar-refractivity contribution in [2.24, 2.45) is 11.7 Å². The topological polar surface area (TPSA) is 55.1 Å². The Morgan fingerprint density at radius 1 is 1.19 bits per heavy atom. The molecule has 0 heterocycles. The van der Waals surface area contributed by atoms with E-state index in [0.717, 1.165) is 25.7 Å². The lowest BCUT2D eigenvalue weighted by Crippen LogP contribution is -2.33. The summed E-state index contributed by atoms with van der Waals surface area (Å²) in [6.07, 6.45) is 4.44. The molecule has 21 heavy (non-hydrogen) atoms. The van der Waals surface area contributed by atoms with Crippen LogP contribution in [0.2, 0.25) is 0 Å². The molecule has 0 aliphatic heterocycles. The predicted octanol–water partition coefficient (Wildman–Crippen LogP) is 3.80. The van der Waals surface area contributed by atoms with Gasteiger partial charge in [0, 0.05) is 12.5 Å². The Morgan fingerprint density at radius 3 is 2.33 bits per heavy atom. The van der Waals surface area contributed by atoms with Crippen LogP contribution in [0.3, 0.4) is 0 Å². The molecule has 2 atom stereocenters. The molecule has 1 amide bonds. The van der Waals surface area contributed by atoms with Gasteiger partial charge >= 0.3 is 0 Å². The summed E-state index contributed by atoms with van der Waals surface area (Å²) < 4.78 is 0. The van der Waals surface area contributed by atoms with E-state index in [0.29, 0.717) is 12.3 Å². The molecule has 0 fully saturated rings. The smallest absolute Gasteiger partial charge is 0.220 e. The molecule has 1 rings (SSSR count). The quantitative estimate of drug-likeness (QED) is 0.727. The van der Waals surface area contributed by atoms with Gasteiger partial charge in [-0.3, -0.25) is 4.79 Å². The van der Waals surface area contributed by atoms with Crippen molar-refractivity contribution >= 4 is 5.91 Å². The maximum absolute atomic E-state index is 12.2. The first-order valence-corrected chi connectivity index (χ1v) is 8.18. The lowest BCUT2D eigenvalue weighted by molar-refractivity contribution is -0.122. The zero-order chi connectivity index (χ0) is 15.7. The molecule has 3 N–H and O–H groups in total. The fraction of sp³-hybridized carbons (Fsp3) is 0.611. The summed E-state index contributed by atoms with van der Waals surface area (Å²) in [4.78, 5) is 12.2. The zero-order valence-corrected chi connectivity index (χ0v) is 13.6. The molecule has 0 spiro atoms. The summed E-state index contributed by atoms with van der Waals surface area (Å²) in [5, 5.41) is 3.23. The molecule has 118 valence electrons. The van der Waals surface area contributed by atoms with Crippen LogP contribution in [-0.4, -0.2) is 11.9 Å². The molecule has 3 nitrogen and oxygen atoms in total. The molecule has 1 aromatic carbocycles. The Hall–Kier alpha value is -1.35. The van der Waals surface area contributed by atoms with Crippen LogP contribution in [0, 0.1) is 5.92 Å². The molecular weight excluding hydrogens is 260 g/mol. The third-order valence-electron chi connectivity index (χ3n) is 4.06. The van der Waals surface area contributed by atoms with E-state index in [1.807, 2.05) is 25.1 Å². The number of nitrogens with two attached hydrogens (primary N) is 1. The first-order chi connectivity index (χ1) is 10.1. The number of hydrogen-bond donors (Lipinski definition) is 2. The van der Waals surface area contributed by atoms with Gasteiger partial charge in [-0.25, -0.2) is 0 Å². The minimum atomic E-state index is 0.115. The molecule has 0 aliphatic carbocycles. The van der Waals surface area contributed by atoms with Gasteiger partial charge in [0.1, 0.15) is 0 Å². The molecule has 0 aromatic heterocycles. The van der Waals surface area contributed by atoms with Gasteiger partial charge < -0.3 is 11.1 Å². The van der Waals surface area contributed by atoms with Crippen LogP contribution >= 0.6 is 0 Å². The molecule has 0 aliphatic rings. The van der Waals surface area contributed by atoms with Crippen molar-refractivity contribution in [1.82, 2.24) is 5.32 Å². The van der Waals surface area contributed by atoms with E-state index in [2.05, 4.69) is 31.3 Å². The third kappa shape index (κ3) is 6.30. The molecule has 0 bridgehead atoms. The van der Waals surface area contributed by atoms with Gasteiger partial charge in [-0.1, -0.05) is 57.0 Å². The number of carbonyl (C=O) groups is 1. The van der Waals surface area contributed by atoms with Gasteiger partial charge in [0.05, 0.1) is 6.04 Å². The van der Waals surface area contributed by atoms with Crippen molar-refractivity contribution in [1.29, 1.82) is 0 Å². The monoisotopic (exact) mass is 290 g/mol. The van der Waals surface area contributed by atoms with E-state index in [-0.39, 0.29) is 18.0 Å². The highest BCUT2D eigenvalue weighted by Crippen LogP contribution is 2.27. The van der Waals surface area contributed by atoms with Crippen LogP contribution in [0.15, 0.2) is 30.3 Å². The molecule has 0 radical (unpaired) electrons. The van der Waals surface area contributed by atoms with E-state index in [4.69, 9.17) is 5.73 Å². The average molecular weight is 290 g/mol. The zero-order valence-electron chi connectivity index (χ0n) is 13.6. The number of nitrogens with one attached hydrogen (secondary N) is 1. The van der Waals surface area contributed by atoms with Gasteiger partial charge in [0.15, 0.2) is 0 Å². The van der Waals surface area contributed by atoms with Crippen molar-refractivity contribution in [2.45, 2.75) is 65.0 Å². The second kappa shape index (κ2) is 9.56. The highest BCUT2D eigenvalue weighted by molar-refractivity contribution is 5.76. The first-order valence-electron chi connectivity index (χ1n) is 8.18. The summed E-state index contributed by atoms with van der Waals surface area (Å²) in [5.41, 5.74) is 6.93. The van der Waals surface area contributed by atoms with Gasteiger partial charge in [0.2, 0.25) is 5.91 Å². The maximum atomic E-state index is 12.2. The highest BCUT2D eigenvalue weighted by atomic mass is 16.1. The van der Waals surface area contributed by atoms with E-state index in [1.54, 1.807) is 0 Å². The van der Waals surface area contributed by atoms with Crippen LogP contribution in [0.1, 0.15) is 64.5 Å². The Bertz CT molecular complexity index is 399. The first kappa shape index (κ1) is 17.7. The second-order valence-electron chi connectivity index (χ2n) is 5.90.